The average Bonchev–Trinajstić information content (AvgIpc) is 2.72. The number of aliphatic hydroxyl groups excluding tert-OH is 1. The summed E-state index contributed by atoms with van der Waals surface area (Å²) in [5, 5.41) is 13.7. The van der Waals surface area contributed by atoms with Crippen LogP contribution in [0, 0.1) is 0 Å². The highest BCUT2D eigenvalue weighted by Crippen LogP contribution is 2.38. The number of nitrogens with two attached hydrogens (primary N) is 1. The fraction of sp³-hybridized carbons (Fsp3) is 0.615. The third-order valence-corrected chi connectivity index (χ3v) is 3.97. The van der Waals surface area contributed by atoms with E-state index in [4.69, 9.17) is 15.0 Å². The molecule has 1 saturated heterocycles. The molecule has 0 aliphatic carbocycles. The molecule has 1 fully saturated rings. The minimum atomic E-state index is -0.579. The van der Waals surface area contributed by atoms with Gasteiger partial charge < -0.3 is 20.1 Å². The fourth-order valence-electron chi connectivity index (χ4n) is 2.02. The first-order valence-corrected chi connectivity index (χ1v) is 6.62. The highest BCUT2D eigenvalue weighted by molar-refractivity contribution is 6.55. The Labute approximate surface area is 119 Å². The first-order chi connectivity index (χ1) is 9.16. The van der Waals surface area contributed by atoms with E-state index < -0.39 is 18.3 Å². The Morgan fingerprint density at radius 2 is 1.95 bits per heavy atom. The number of aliphatic hydroxyl groups is 1. The number of hydrogen-bond donors (Lipinski definition) is 2. The van der Waals surface area contributed by atoms with E-state index in [9.17, 15) is 5.11 Å². The Kier molecular flexibility index (Phi) is 3.70. The normalized spacial score (nSPS) is 21.5. The van der Waals surface area contributed by atoms with Crippen molar-refractivity contribution in [2.45, 2.75) is 38.9 Å². The van der Waals surface area contributed by atoms with Gasteiger partial charge in [-0.3, -0.25) is 4.68 Å². The molecule has 0 atom stereocenters. The molecule has 7 heteroatoms. The maximum absolute atomic E-state index is 9.59. The summed E-state index contributed by atoms with van der Waals surface area (Å²) >= 11 is 0. The van der Waals surface area contributed by atoms with Crippen molar-refractivity contribution >= 4 is 19.0 Å². The minimum absolute atomic E-state index is 0.162. The van der Waals surface area contributed by atoms with Crippen LogP contribution >= 0.6 is 0 Å². The quantitative estimate of drug-likeness (QED) is 0.807. The summed E-state index contributed by atoms with van der Waals surface area (Å²) in [7, 11) is 1.21. The Morgan fingerprint density at radius 1 is 1.40 bits per heavy atom. The predicted molar refractivity (Wildman–Crippen MR) is 78.8 cm³/mol. The third-order valence-electron chi connectivity index (χ3n) is 3.97. The number of rotatable bonds is 3. The van der Waals surface area contributed by atoms with Crippen LogP contribution in [-0.2, 0) is 16.4 Å². The van der Waals surface area contributed by atoms with E-state index in [2.05, 4.69) is 5.10 Å². The summed E-state index contributed by atoms with van der Waals surface area (Å²) in [6.45, 7) is 7.73. The number of anilines is 1. The summed E-state index contributed by atoms with van der Waals surface area (Å²) in [6, 6.07) is 0. The molecule has 0 aromatic carbocycles. The first kappa shape index (κ1) is 15.1. The average molecular weight is 279 g/mol. The molecule has 1 aromatic heterocycles. The van der Waals surface area contributed by atoms with Crippen LogP contribution in [0.3, 0.4) is 0 Å². The molecule has 110 valence electrons. The van der Waals surface area contributed by atoms with Crippen LogP contribution in [0.15, 0.2) is 11.7 Å². The smallest absolute Gasteiger partial charge is 0.400 e. The lowest BCUT2D eigenvalue weighted by molar-refractivity contribution is 0.00578. The van der Waals surface area contributed by atoms with Gasteiger partial charge in [0.05, 0.1) is 17.8 Å². The van der Waals surface area contributed by atoms with Crippen LogP contribution in [0.25, 0.3) is 6.08 Å². The molecule has 0 spiro atoms. The van der Waals surface area contributed by atoms with Gasteiger partial charge in [-0.1, -0.05) is 6.08 Å². The van der Waals surface area contributed by atoms with Crippen LogP contribution in [0.4, 0.5) is 5.82 Å². The van der Waals surface area contributed by atoms with Crippen molar-refractivity contribution < 1.29 is 14.4 Å². The molecule has 1 aliphatic rings. The van der Waals surface area contributed by atoms with E-state index >= 15 is 0 Å². The van der Waals surface area contributed by atoms with Crippen molar-refractivity contribution in [3.63, 3.8) is 0 Å². The lowest BCUT2D eigenvalue weighted by Gasteiger charge is -2.32. The predicted octanol–water partition coefficient (Wildman–Crippen LogP) is 1.01. The second-order valence-corrected chi connectivity index (χ2v) is 6.11. The topological polar surface area (TPSA) is 82.5 Å². The van der Waals surface area contributed by atoms with E-state index in [1.807, 2.05) is 27.7 Å². The molecule has 20 heavy (non-hydrogen) atoms. The Hall–Kier alpha value is -1.31. The molecule has 0 bridgehead atoms. The molecule has 6 nitrogen and oxygen atoms in total. The Bertz CT molecular complexity index is 521. The van der Waals surface area contributed by atoms with Gasteiger partial charge >= 0.3 is 7.12 Å². The molecule has 0 unspecified atom stereocenters. The second kappa shape index (κ2) is 4.91. The number of aromatic nitrogens is 2. The van der Waals surface area contributed by atoms with Crippen molar-refractivity contribution in [1.82, 2.24) is 9.78 Å². The van der Waals surface area contributed by atoms with Gasteiger partial charge in [0.15, 0.2) is 5.82 Å². The van der Waals surface area contributed by atoms with Gasteiger partial charge in [0.25, 0.3) is 0 Å². The van der Waals surface area contributed by atoms with Crippen molar-refractivity contribution in [2.75, 3.05) is 12.3 Å². The maximum atomic E-state index is 9.59. The monoisotopic (exact) mass is 279 g/mol. The van der Waals surface area contributed by atoms with E-state index in [1.54, 1.807) is 24.0 Å². The molecule has 0 amide bonds. The van der Waals surface area contributed by atoms with Gasteiger partial charge in [0, 0.05) is 18.8 Å². The third kappa shape index (κ3) is 2.61. The number of aryl methyl sites for hydroxylation is 1. The highest BCUT2D eigenvalue weighted by atomic mass is 16.7. The van der Waals surface area contributed by atoms with Crippen molar-refractivity contribution in [1.29, 1.82) is 0 Å². The summed E-state index contributed by atoms with van der Waals surface area (Å²) in [4.78, 5) is 0. The Balaban J connectivity index is 2.29. The molecule has 0 radical (unpaired) electrons. The summed E-state index contributed by atoms with van der Waals surface area (Å²) in [5.41, 5.74) is 6.30. The zero-order valence-corrected chi connectivity index (χ0v) is 12.7. The molecular formula is C13H22BN3O3. The lowest BCUT2D eigenvalue weighted by atomic mass is 9.77. The van der Waals surface area contributed by atoms with Gasteiger partial charge in [0.1, 0.15) is 0 Å². The van der Waals surface area contributed by atoms with Crippen LogP contribution < -0.4 is 5.73 Å². The van der Waals surface area contributed by atoms with E-state index in [1.165, 1.54) is 0 Å². The van der Waals surface area contributed by atoms with Gasteiger partial charge in [-0.15, -0.1) is 0 Å². The summed E-state index contributed by atoms with van der Waals surface area (Å²) in [5.74, 6) is 0.412. The van der Waals surface area contributed by atoms with Crippen LogP contribution in [-0.4, -0.2) is 39.8 Å². The number of nitrogens with zero attached hydrogens (tertiary/aromatic N) is 2. The van der Waals surface area contributed by atoms with Crippen LogP contribution in [0.5, 0.6) is 0 Å². The van der Waals surface area contributed by atoms with Gasteiger partial charge in [-0.05, 0) is 33.2 Å². The summed E-state index contributed by atoms with van der Waals surface area (Å²) < 4.78 is 13.5. The van der Waals surface area contributed by atoms with Crippen molar-refractivity contribution in [2.24, 2.45) is 7.05 Å². The molecule has 0 saturated carbocycles. The van der Waals surface area contributed by atoms with Gasteiger partial charge in [-0.25, -0.2) is 0 Å². The Morgan fingerprint density at radius 3 is 2.35 bits per heavy atom. The molecule has 2 heterocycles. The van der Waals surface area contributed by atoms with E-state index in [-0.39, 0.29) is 6.61 Å². The zero-order valence-electron chi connectivity index (χ0n) is 12.7. The molecule has 2 rings (SSSR count). The summed E-state index contributed by atoms with van der Waals surface area (Å²) in [6.07, 6.45) is 3.56. The second-order valence-electron chi connectivity index (χ2n) is 6.11. The molecule has 3 N–H and O–H groups in total. The largest absolute Gasteiger partial charge is 0.492 e. The van der Waals surface area contributed by atoms with E-state index in [0.717, 1.165) is 5.56 Å². The lowest BCUT2D eigenvalue weighted by Crippen LogP contribution is -2.41. The van der Waals surface area contributed by atoms with Crippen molar-refractivity contribution in [3.05, 3.63) is 17.2 Å². The van der Waals surface area contributed by atoms with Crippen LogP contribution in [0.2, 0.25) is 0 Å². The minimum Gasteiger partial charge on any atom is -0.400 e. The number of hydrogen-bond acceptors (Lipinski definition) is 5. The standard InChI is InChI=1S/C13H22BN3O3/c1-12(2)13(3,4)20-14(19-12)10(8-18)6-9-7-17(5)16-11(9)15/h6-7,18H,8H2,1-5H3,(H2,15,16). The fourth-order valence-corrected chi connectivity index (χ4v) is 2.02. The van der Waals surface area contributed by atoms with Crippen LogP contribution in [0.1, 0.15) is 33.3 Å². The molecule has 1 aromatic rings. The van der Waals surface area contributed by atoms with Gasteiger partial charge in [-0.2, -0.15) is 5.10 Å². The van der Waals surface area contributed by atoms with E-state index in [0.29, 0.717) is 11.3 Å². The zero-order chi connectivity index (χ0) is 15.1. The SMILES string of the molecule is Cn1cc(C=C(CO)B2OC(C)(C)C(C)(C)O2)c(N)n1. The molecule has 1 aliphatic heterocycles. The maximum Gasteiger partial charge on any atom is 0.492 e. The van der Waals surface area contributed by atoms with Gasteiger partial charge in [0.2, 0.25) is 0 Å². The first-order valence-electron chi connectivity index (χ1n) is 6.62. The molecular weight excluding hydrogens is 257 g/mol. The highest BCUT2D eigenvalue weighted by Gasteiger charge is 2.52. The van der Waals surface area contributed by atoms with Crippen molar-refractivity contribution in [3.8, 4) is 0 Å². The number of nitrogen functional groups attached to an aromatic ring is 1.